The maximum Gasteiger partial charge on any atom is 0.411 e. The largest absolute Gasteiger partial charge is 0.445 e. The topological polar surface area (TPSA) is 117 Å². The number of hydrogen-bond acceptors (Lipinski definition) is 6. The Bertz CT molecular complexity index is 1350. The van der Waals surface area contributed by atoms with Gasteiger partial charge in [0.25, 0.3) is 0 Å². The van der Waals surface area contributed by atoms with E-state index in [1.807, 2.05) is 18.2 Å². The van der Waals surface area contributed by atoms with E-state index >= 15 is 0 Å². The van der Waals surface area contributed by atoms with Gasteiger partial charge in [0.2, 0.25) is 11.8 Å². The molecule has 3 amide bonds. The first-order valence-corrected chi connectivity index (χ1v) is 17.2. The molecule has 0 bridgehead atoms. The zero-order valence-electron chi connectivity index (χ0n) is 26.2. The van der Waals surface area contributed by atoms with Gasteiger partial charge in [-0.3, -0.25) is 14.5 Å². The summed E-state index contributed by atoms with van der Waals surface area (Å²) < 4.78 is 11.3. The summed E-state index contributed by atoms with van der Waals surface area (Å²) >= 11 is 12.5. The van der Waals surface area contributed by atoms with E-state index in [4.69, 9.17) is 32.7 Å². The van der Waals surface area contributed by atoms with Crippen LogP contribution in [0.15, 0.2) is 48.5 Å². The van der Waals surface area contributed by atoms with E-state index in [0.717, 1.165) is 56.1 Å². The van der Waals surface area contributed by atoms with Crippen molar-refractivity contribution in [1.82, 2.24) is 15.5 Å². The van der Waals surface area contributed by atoms with Crippen LogP contribution in [0.4, 0.5) is 4.79 Å². The summed E-state index contributed by atoms with van der Waals surface area (Å²) in [5.74, 6) is -0.503. The van der Waals surface area contributed by atoms with Gasteiger partial charge in [-0.15, -0.1) is 0 Å². The molecule has 0 radical (unpaired) electrons. The van der Waals surface area contributed by atoms with Gasteiger partial charge in [0, 0.05) is 41.3 Å². The number of aliphatic hydroxyl groups is 1. The fourth-order valence-electron chi connectivity index (χ4n) is 7.18. The number of nitrogens with zero attached hydrogens (tertiary/aromatic N) is 1. The highest BCUT2D eigenvalue weighted by Crippen LogP contribution is 2.36. The third-order valence-electron chi connectivity index (χ3n) is 9.67. The van der Waals surface area contributed by atoms with Gasteiger partial charge in [-0.05, 0) is 73.4 Å². The molecule has 5 rings (SSSR count). The van der Waals surface area contributed by atoms with Crippen LogP contribution in [0, 0.1) is 11.8 Å². The molecule has 0 aromatic heterocycles. The molecule has 250 valence electrons. The van der Waals surface area contributed by atoms with Crippen molar-refractivity contribution in [2.45, 2.75) is 95.0 Å². The van der Waals surface area contributed by atoms with Crippen molar-refractivity contribution in [3.8, 4) is 0 Å². The molecule has 3 atom stereocenters. The third kappa shape index (κ3) is 9.37. The van der Waals surface area contributed by atoms with Gasteiger partial charge >= 0.3 is 6.09 Å². The minimum absolute atomic E-state index is 0.00788. The molecular weight excluding hydrogens is 629 g/mol. The van der Waals surface area contributed by atoms with E-state index in [9.17, 15) is 19.5 Å². The Morgan fingerprint density at radius 1 is 1.02 bits per heavy atom. The fourth-order valence-corrected chi connectivity index (χ4v) is 7.61. The molecule has 2 aromatic rings. The number of rotatable bonds is 12. The summed E-state index contributed by atoms with van der Waals surface area (Å²) in [6.45, 7) is 0.984. The molecule has 1 aliphatic carbocycles. The van der Waals surface area contributed by atoms with Crippen molar-refractivity contribution in [3.63, 3.8) is 0 Å². The van der Waals surface area contributed by atoms with Crippen LogP contribution in [-0.2, 0) is 32.2 Å². The third-order valence-corrected chi connectivity index (χ3v) is 10.1. The average molecular weight is 675 g/mol. The van der Waals surface area contributed by atoms with E-state index in [1.165, 1.54) is 4.90 Å². The van der Waals surface area contributed by atoms with Crippen LogP contribution in [0.2, 0.25) is 10.0 Å². The summed E-state index contributed by atoms with van der Waals surface area (Å²) in [6.07, 6.45) is 7.56. The molecule has 2 aromatic carbocycles. The van der Waals surface area contributed by atoms with Crippen LogP contribution in [0.1, 0.15) is 75.3 Å². The van der Waals surface area contributed by atoms with Crippen LogP contribution >= 0.6 is 23.2 Å². The molecule has 1 unspecified atom stereocenters. The normalized spacial score (nSPS) is 20.9. The van der Waals surface area contributed by atoms with Gasteiger partial charge < -0.3 is 25.2 Å². The maximum absolute atomic E-state index is 14.2. The molecule has 2 aliphatic heterocycles. The minimum atomic E-state index is -0.859. The van der Waals surface area contributed by atoms with Crippen molar-refractivity contribution in [3.05, 3.63) is 69.7 Å². The Morgan fingerprint density at radius 3 is 2.37 bits per heavy atom. The minimum Gasteiger partial charge on any atom is -0.445 e. The fraction of sp³-hybridized carbons (Fsp3) is 0.571. The van der Waals surface area contributed by atoms with Gasteiger partial charge in [-0.2, -0.15) is 0 Å². The number of benzene rings is 2. The number of ether oxygens (including phenoxy) is 2. The van der Waals surface area contributed by atoms with Crippen molar-refractivity contribution >= 4 is 41.1 Å². The molecule has 3 fully saturated rings. The number of hydrogen-bond donors (Lipinski definition) is 3. The number of nitrogens with one attached hydrogen (secondary N) is 2. The maximum atomic E-state index is 14.2. The first-order valence-electron chi connectivity index (χ1n) is 16.5. The molecule has 46 heavy (non-hydrogen) atoms. The lowest BCUT2D eigenvalue weighted by molar-refractivity contribution is -0.129. The standard InChI is InChI=1S/C35H45Cl2N3O6/c36-28-10-4-8-25(16-28)21-40(34(44)46-23-26-9-5-11-29(37)17-26)31(18-24-6-2-1-3-7-24)33(43)38-30(22-41)19-27-20-35(39-32(27)42)12-14-45-15-13-35/h4-5,8-11,16-17,24,27,30-31,41H,1-3,6-7,12-15,18-23H2,(H,38,43)(H,39,42)/t27?,30-,31-/m0/s1. The molecule has 11 heteroatoms. The van der Waals surface area contributed by atoms with Gasteiger partial charge in [0.1, 0.15) is 12.6 Å². The number of halogens is 2. The molecular formula is C35H45Cl2N3O6. The van der Waals surface area contributed by atoms with Crippen LogP contribution in [0.5, 0.6) is 0 Å². The Hall–Kier alpha value is -2.85. The van der Waals surface area contributed by atoms with E-state index in [1.54, 1.807) is 30.3 Å². The Balaban J connectivity index is 1.35. The Morgan fingerprint density at radius 2 is 1.70 bits per heavy atom. The molecule has 9 nitrogen and oxygen atoms in total. The van der Waals surface area contributed by atoms with Gasteiger partial charge in [0.15, 0.2) is 0 Å². The van der Waals surface area contributed by atoms with E-state index in [-0.39, 0.29) is 48.9 Å². The molecule has 3 N–H and O–H groups in total. The quantitative estimate of drug-likeness (QED) is 0.254. The van der Waals surface area contributed by atoms with Gasteiger partial charge in [-0.25, -0.2) is 4.79 Å². The van der Waals surface area contributed by atoms with Crippen molar-refractivity contribution in [1.29, 1.82) is 0 Å². The van der Waals surface area contributed by atoms with Gasteiger partial charge in [0.05, 0.1) is 12.6 Å². The Labute approximate surface area is 281 Å². The van der Waals surface area contributed by atoms with Crippen molar-refractivity contribution in [2.24, 2.45) is 11.8 Å². The monoisotopic (exact) mass is 673 g/mol. The number of aliphatic hydroxyl groups excluding tert-OH is 1. The average Bonchev–Trinajstić information content (AvgIpc) is 3.34. The molecule has 1 spiro atoms. The summed E-state index contributed by atoms with van der Waals surface area (Å²) in [5.41, 5.74) is 1.21. The SMILES string of the molecule is O=C1NC2(CCOCC2)CC1C[C@@H](CO)NC(=O)[C@H](CC1CCCCC1)N(Cc1cccc(Cl)c1)C(=O)OCc1cccc(Cl)c1. The highest BCUT2D eigenvalue weighted by Gasteiger charge is 2.45. The second-order valence-corrected chi connectivity index (χ2v) is 14.0. The summed E-state index contributed by atoms with van der Waals surface area (Å²) in [5, 5.41) is 17.6. The smallest absolute Gasteiger partial charge is 0.411 e. The van der Waals surface area contributed by atoms with Crippen LogP contribution in [-0.4, -0.2) is 65.4 Å². The summed E-state index contributed by atoms with van der Waals surface area (Å²) in [4.78, 5) is 42.6. The summed E-state index contributed by atoms with van der Waals surface area (Å²) in [7, 11) is 0. The van der Waals surface area contributed by atoms with Crippen LogP contribution in [0.3, 0.4) is 0 Å². The van der Waals surface area contributed by atoms with Gasteiger partial charge in [-0.1, -0.05) is 79.6 Å². The predicted octanol–water partition coefficient (Wildman–Crippen LogP) is 6.02. The van der Waals surface area contributed by atoms with Crippen LogP contribution < -0.4 is 10.6 Å². The molecule has 2 heterocycles. The first kappa shape index (κ1) is 34.5. The second kappa shape index (κ2) is 16.3. The zero-order chi connectivity index (χ0) is 32.5. The second-order valence-electron chi connectivity index (χ2n) is 13.1. The molecule has 2 saturated heterocycles. The lowest BCUT2D eigenvalue weighted by Gasteiger charge is -2.35. The number of carbonyl (C=O) groups excluding carboxylic acids is 3. The highest BCUT2D eigenvalue weighted by atomic mass is 35.5. The van der Waals surface area contributed by atoms with E-state index < -0.39 is 18.2 Å². The highest BCUT2D eigenvalue weighted by molar-refractivity contribution is 6.30. The first-order chi connectivity index (χ1) is 22.2. The van der Waals surface area contributed by atoms with E-state index in [2.05, 4.69) is 10.6 Å². The van der Waals surface area contributed by atoms with E-state index in [0.29, 0.717) is 42.5 Å². The Kier molecular flexibility index (Phi) is 12.2. The number of amides is 3. The lowest BCUT2D eigenvalue weighted by atomic mass is 9.83. The van der Waals surface area contributed by atoms with Crippen LogP contribution in [0.25, 0.3) is 0 Å². The molecule has 3 aliphatic rings. The predicted molar refractivity (Wildman–Crippen MR) is 176 cm³/mol. The van der Waals surface area contributed by atoms with Crippen molar-refractivity contribution in [2.75, 3.05) is 19.8 Å². The number of carbonyl (C=O) groups is 3. The summed E-state index contributed by atoms with van der Waals surface area (Å²) in [6, 6.07) is 12.8. The molecule has 1 saturated carbocycles. The zero-order valence-corrected chi connectivity index (χ0v) is 27.7. The van der Waals surface area contributed by atoms with Crippen molar-refractivity contribution < 1.29 is 29.0 Å². The lowest BCUT2D eigenvalue weighted by Crippen LogP contribution is -2.53.